The van der Waals surface area contributed by atoms with Crippen LogP contribution < -0.4 is 0 Å². The second-order valence-corrected chi connectivity index (χ2v) is 9.48. The summed E-state index contributed by atoms with van der Waals surface area (Å²) in [5, 5.41) is 21.8. The van der Waals surface area contributed by atoms with Crippen molar-refractivity contribution in [1.82, 2.24) is 0 Å². The molecule has 0 atom stereocenters. The Bertz CT molecular complexity index is 1640. The van der Waals surface area contributed by atoms with Crippen molar-refractivity contribution in [3.63, 3.8) is 0 Å². The van der Waals surface area contributed by atoms with E-state index in [9.17, 15) is 10.2 Å². The van der Waals surface area contributed by atoms with Gasteiger partial charge in [0.2, 0.25) is 0 Å². The average Bonchev–Trinajstić information content (AvgIpc) is 3.19. The number of phenols is 1. The summed E-state index contributed by atoms with van der Waals surface area (Å²) >= 11 is 0. The van der Waals surface area contributed by atoms with Gasteiger partial charge in [0.05, 0.1) is 5.41 Å². The lowest BCUT2D eigenvalue weighted by Crippen LogP contribution is -2.28. The van der Waals surface area contributed by atoms with E-state index in [1.807, 2.05) is 12.1 Å². The minimum atomic E-state index is -0.522. The fourth-order valence-electron chi connectivity index (χ4n) is 5.73. The zero-order chi connectivity index (χ0) is 24.9. The van der Waals surface area contributed by atoms with Crippen LogP contribution in [0.25, 0.3) is 28.0 Å². The van der Waals surface area contributed by atoms with E-state index in [4.69, 9.17) is 0 Å². The summed E-state index contributed by atoms with van der Waals surface area (Å²) in [6.07, 6.45) is 3.56. The molecular formula is C34H26O2. The molecule has 0 aliphatic heterocycles. The van der Waals surface area contributed by atoms with E-state index >= 15 is 0 Å². The molecule has 1 aliphatic rings. The maximum atomic E-state index is 10.0. The summed E-state index contributed by atoms with van der Waals surface area (Å²) in [6, 6.07) is 36.0. The number of aromatic hydroxyl groups is 1. The molecule has 0 unspecified atom stereocenters. The first kappa shape index (κ1) is 21.9. The Morgan fingerprint density at radius 1 is 0.722 bits per heavy atom. The van der Waals surface area contributed by atoms with Gasteiger partial charge in [0.25, 0.3) is 0 Å². The van der Waals surface area contributed by atoms with Crippen molar-refractivity contribution in [2.24, 2.45) is 0 Å². The van der Waals surface area contributed by atoms with Gasteiger partial charge in [0.15, 0.2) is 0 Å². The van der Waals surface area contributed by atoms with Gasteiger partial charge in [0, 0.05) is 0 Å². The Balaban J connectivity index is 1.72. The monoisotopic (exact) mass is 466 g/mol. The molecule has 0 heterocycles. The molecule has 0 saturated heterocycles. The number of aliphatic hydroxyl groups is 1. The van der Waals surface area contributed by atoms with E-state index in [2.05, 4.69) is 98.4 Å². The Hall–Kier alpha value is -4.56. The van der Waals surface area contributed by atoms with Crippen molar-refractivity contribution in [3.05, 3.63) is 155 Å². The lowest BCUT2D eigenvalue weighted by Gasteiger charge is -2.34. The van der Waals surface area contributed by atoms with Crippen LogP contribution in [0.1, 0.15) is 33.4 Å². The summed E-state index contributed by atoms with van der Waals surface area (Å²) in [7, 11) is 0. The SMILES string of the molecule is C=C(O)/C=C\c1cc(C2(c3ccc4cc(O)ccc4c3)c3ccccc3-c3ccccc32)ccc1C. The molecule has 36 heavy (non-hydrogen) atoms. The van der Waals surface area contributed by atoms with Crippen molar-refractivity contribution in [2.45, 2.75) is 12.3 Å². The van der Waals surface area contributed by atoms with Crippen LogP contribution in [0.2, 0.25) is 0 Å². The Morgan fingerprint density at radius 3 is 2.00 bits per heavy atom. The Labute approximate surface area is 211 Å². The highest BCUT2D eigenvalue weighted by molar-refractivity contribution is 5.90. The number of hydrogen-bond donors (Lipinski definition) is 2. The number of phenolic OH excluding ortho intramolecular Hbond substituents is 1. The summed E-state index contributed by atoms with van der Waals surface area (Å²) < 4.78 is 0. The Kier molecular flexibility index (Phi) is 5.05. The van der Waals surface area contributed by atoms with Crippen molar-refractivity contribution in [3.8, 4) is 16.9 Å². The second kappa shape index (κ2) is 8.28. The van der Waals surface area contributed by atoms with Crippen LogP contribution in [0.5, 0.6) is 5.75 Å². The first-order valence-corrected chi connectivity index (χ1v) is 12.1. The quantitative estimate of drug-likeness (QED) is 0.203. The van der Waals surface area contributed by atoms with Crippen LogP contribution in [0.3, 0.4) is 0 Å². The maximum Gasteiger partial charge on any atom is 0.116 e. The maximum absolute atomic E-state index is 10.0. The van der Waals surface area contributed by atoms with Crippen molar-refractivity contribution >= 4 is 16.8 Å². The van der Waals surface area contributed by atoms with E-state index in [1.54, 1.807) is 18.2 Å². The number of rotatable bonds is 4. The molecule has 0 aromatic heterocycles. The van der Waals surface area contributed by atoms with Gasteiger partial charge in [0.1, 0.15) is 11.5 Å². The van der Waals surface area contributed by atoms with E-state index in [-0.39, 0.29) is 11.5 Å². The normalized spacial score (nSPS) is 13.6. The smallest absolute Gasteiger partial charge is 0.116 e. The van der Waals surface area contributed by atoms with Gasteiger partial charge in [-0.1, -0.05) is 91.5 Å². The van der Waals surface area contributed by atoms with Crippen LogP contribution in [-0.2, 0) is 5.41 Å². The largest absolute Gasteiger partial charge is 0.509 e. The molecule has 5 aromatic carbocycles. The van der Waals surface area contributed by atoms with Gasteiger partial charge in [-0.25, -0.2) is 0 Å². The number of aliphatic hydroxyl groups excluding tert-OH is 1. The zero-order valence-electron chi connectivity index (χ0n) is 20.1. The second-order valence-electron chi connectivity index (χ2n) is 9.48. The number of aryl methyl sites for hydroxylation is 1. The first-order valence-electron chi connectivity index (χ1n) is 12.1. The molecule has 174 valence electrons. The van der Waals surface area contributed by atoms with Gasteiger partial charge in [-0.3, -0.25) is 0 Å². The zero-order valence-corrected chi connectivity index (χ0v) is 20.1. The first-order chi connectivity index (χ1) is 17.5. The van der Waals surface area contributed by atoms with E-state index in [1.165, 1.54) is 27.8 Å². The molecule has 2 heteroatoms. The number of fused-ring (bicyclic) bond motifs is 4. The third-order valence-corrected chi connectivity index (χ3v) is 7.38. The number of hydrogen-bond acceptors (Lipinski definition) is 2. The minimum Gasteiger partial charge on any atom is -0.509 e. The van der Waals surface area contributed by atoms with Crippen LogP contribution in [-0.4, -0.2) is 10.2 Å². The standard InChI is InChI=1S/C34H26O2/c1-22-11-16-27(19-24(22)13-12-23(2)35)34(28-17-14-26-21-29(36)18-15-25(26)20-28)32-9-5-3-7-30(32)31-8-4-6-10-33(31)34/h3-21,35-36H,2H2,1H3/b13-12-. The highest BCUT2D eigenvalue weighted by atomic mass is 16.3. The molecule has 6 rings (SSSR count). The minimum absolute atomic E-state index is 0.0313. The highest BCUT2D eigenvalue weighted by Gasteiger charge is 2.46. The molecule has 0 saturated carbocycles. The molecule has 2 nitrogen and oxygen atoms in total. The third kappa shape index (κ3) is 3.26. The number of benzene rings is 5. The molecule has 0 bridgehead atoms. The van der Waals surface area contributed by atoms with Gasteiger partial charge in [-0.15, -0.1) is 0 Å². The molecule has 0 amide bonds. The summed E-state index contributed by atoms with van der Waals surface area (Å²) in [6.45, 7) is 5.69. The molecule has 0 fully saturated rings. The Morgan fingerprint density at radius 2 is 1.31 bits per heavy atom. The molecule has 5 aromatic rings. The molecule has 0 radical (unpaired) electrons. The van der Waals surface area contributed by atoms with Gasteiger partial charge in [-0.2, -0.15) is 0 Å². The molecular weight excluding hydrogens is 440 g/mol. The lowest BCUT2D eigenvalue weighted by atomic mass is 9.67. The van der Waals surface area contributed by atoms with Gasteiger partial charge >= 0.3 is 0 Å². The topological polar surface area (TPSA) is 40.5 Å². The van der Waals surface area contributed by atoms with E-state index in [0.717, 1.165) is 27.5 Å². The van der Waals surface area contributed by atoms with E-state index < -0.39 is 5.41 Å². The molecule has 0 spiro atoms. The van der Waals surface area contributed by atoms with E-state index in [0.29, 0.717) is 0 Å². The summed E-state index contributed by atoms with van der Waals surface area (Å²) in [4.78, 5) is 0. The highest BCUT2D eigenvalue weighted by Crippen LogP contribution is 2.56. The van der Waals surface area contributed by atoms with Gasteiger partial charge < -0.3 is 10.2 Å². The van der Waals surface area contributed by atoms with Crippen molar-refractivity contribution in [1.29, 1.82) is 0 Å². The molecule has 1 aliphatic carbocycles. The third-order valence-electron chi connectivity index (χ3n) is 7.38. The predicted molar refractivity (Wildman–Crippen MR) is 148 cm³/mol. The fraction of sp³-hybridized carbons (Fsp3) is 0.0588. The van der Waals surface area contributed by atoms with Crippen molar-refractivity contribution in [2.75, 3.05) is 0 Å². The van der Waals surface area contributed by atoms with Gasteiger partial charge in [-0.05, 0) is 92.5 Å². The lowest BCUT2D eigenvalue weighted by molar-refractivity contribution is 0.436. The predicted octanol–water partition coefficient (Wildman–Crippen LogP) is 8.30. The average molecular weight is 467 g/mol. The van der Waals surface area contributed by atoms with Crippen LogP contribution in [0.15, 0.2) is 122 Å². The molecule has 2 N–H and O–H groups in total. The number of allylic oxidation sites excluding steroid dienone is 1. The summed E-state index contributed by atoms with van der Waals surface area (Å²) in [5.41, 5.74) is 8.93. The van der Waals surface area contributed by atoms with Crippen molar-refractivity contribution < 1.29 is 10.2 Å². The van der Waals surface area contributed by atoms with Crippen LogP contribution in [0.4, 0.5) is 0 Å². The van der Waals surface area contributed by atoms with Crippen LogP contribution >= 0.6 is 0 Å². The van der Waals surface area contributed by atoms with Crippen LogP contribution in [0, 0.1) is 6.92 Å². The fourth-order valence-corrected chi connectivity index (χ4v) is 5.73. The summed E-state index contributed by atoms with van der Waals surface area (Å²) in [5.74, 6) is 0.297.